The maximum absolute atomic E-state index is 14.2. The molecule has 0 aromatic heterocycles. The summed E-state index contributed by atoms with van der Waals surface area (Å²) >= 11 is 19.4. The van der Waals surface area contributed by atoms with Gasteiger partial charge in [-0.1, -0.05) is 90.5 Å². The van der Waals surface area contributed by atoms with Gasteiger partial charge in [-0.2, -0.15) is 0 Å². The number of carbonyl (C=O) groups is 2. The van der Waals surface area contributed by atoms with Gasteiger partial charge in [-0.15, -0.1) is 0 Å². The maximum atomic E-state index is 14.2. The van der Waals surface area contributed by atoms with Crippen LogP contribution in [0, 0.1) is 6.92 Å². The van der Waals surface area contributed by atoms with Crippen LogP contribution >= 0.6 is 34.8 Å². The van der Waals surface area contributed by atoms with Crippen LogP contribution in [0.4, 0.5) is 5.69 Å². The van der Waals surface area contributed by atoms with E-state index in [1.54, 1.807) is 54.6 Å². The number of aryl methyl sites for hydroxylation is 1. The fourth-order valence-corrected chi connectivity index (χ4v) is 7.38. The lowest BCUT2D eigenvalue weighted by Crippen LogP contribution is -2.53. The fraction of sp³-hybridized carbons (Fsp3) is 0.355. The number of rotatable bonds is 11. The fourth-order valence-electron chi connectivity index (χ4n) is 5.15. The molecule has 1 fully saturated rings. The van der Waals surface area contributed by atoms with Gasteiger partial charge in [0.05, 0.1) is 15.6 Å². The number of halogens is 3. The average molecular weight is 651 g/mol. The minimum Gasteiger partial charge on any atom is -0.352 e. The number of sulfonamides is 1. The molecule has 42 heavy (non-hydrogen) atoms. The van der Waals surface area contributed by atoms with E-state index in [2.05, 4.69) is 5.32 Å². The highest BCUT2D eigenvalue weighted by Crippen LogP contribution is 2.32. The van der Waals surface area contributed by atoms with Gasteiger partial charge in [0, 0.05) is 28.2 Å². The van der Waals surface area contributed by atoms with Crippen LogP contribution in [0.25, 0.3) is 0 Å². The van der Waals surface area contributed by atoms with E-state index in [4.69, 9.17) is 34.8 Å². The summed E-state index contributed by atoms with van der Waals surface area (Å²) in [5, 5.41) is 3.91. The van der Waals surface area contributed by atoms with Gasteiger partial charge in [0.15, 0.2) is 0 Å². The van der Waals surface area contributed by atoms with Crippen molar-refractivity contribution in [2.45, 2.75) is 69.5 Å². The molecule has 1 aliphatic carbocycles. The summed E-state index contributed by atoms with van der Waals surface area (Å²) in [6, 6.07) is 16.9. The molecule has 0 heterocycles. The Hall–Kier alpha value is -2.78. The van der Waals surface area contributed by atoms with E-state index in [9.17, 15) is 18.0 Å². The van der Waals surface area contributed by atoms with E-state index in [1.807, 2.05) is 13.8 Å². The lowest BCUT2D eigenvalue weighted by Gasteiger charge is -2.34. The largest absolute Gasteiger partial charge is 0.352 e. The number of hydrogen-bond donors (Lipinski definition) is 1. The molecule has 0 spiro atoms. The number of anilines is 1. The van der Waals surface area contributed by atoms with Gasteiger partial charge in [0.25, 0.3) is 10.0 Å². The molecule has 1 atom stereocenters. The number of carbonyl (C=O) groups excluding carboxylic acids is 2. The van der Waals surface area contributed by atoms with Crippen LogP contribution in [-0.4, -0.2) is 43.8 Å². The van der Waals surface area contributed by atoms with E-state index >= 15 is 0 Å². The maximum Gasteiger partial charge on any atom is 0.264 e. The second-order valence-electron chi connectivity index (χ2n) is 10.4. The average Bonchev–Trinajstić information content (AvgIpc) is 3.46. The van der Waals surface area contributed by atoms with Gasteiger partial charge in [-0.05, 0) is 62.6 Å². The van der Waals surface area contributed by atoms with Crippen LogP contribution in [0.15, 0.2) is 71.6 Å². The van der Waals surface area contributed by atoms with Crippen molar-refractivity contribution in [2.24, 2.45) is 0 Å². The molecule has 7 nitrogen and oxygen atoms in total. The van der Waals surface area contributed by atoms with Crippen LogP contribution in [0.1, 0.15) is 50.2 Å². The Kier molecular flexibility index (Phi) is 10.8. The van der Waals surface area contributed by atoms with Crippen molar-refractivity contribution >= 4 is 62.3 Å². The predicted molar refractivity (Wildman–Crippen MR) is 169 cm³/mol. The highest BCUT2D eigenvalue weighted by atomic mass is 35.5. The zero-order chi connectivity index (χ0) is 30.4. The summed E-state index contributed by atoms with van der Waals surface area (Å²) in [6.45, 7) is 2.97. The number of para-hydroxylation sites is 1. The molecular weight excluding hydrogens is 617 g/mol. The first-order chi connectivity index (χ1) is 20.0. The highest BCUT2D eigenvalue weighted by Gasteiger charge is 2.35. The first-order valence-corrected chi connectivity index (χ1v) is 16.5. The number of nitrogens with one attached hydrogen (secondary N) is 1. The molecule has 0 radical (unpaired) electrons. The molecule has 1 N–H and O–H groups in total. The minimum absolute atomic E-state index is 0.00698. The number of hydrogen-bond acceptors (Lipinski definition) is 4. The second kappa shape index (κ2) is 14.1. The smallest absolute Gasteiger partial charge is 0.264 e. The van der Waals surface area contributed by atoms with Crippen LogP contribution in [-0.2, 0) is 26.2 Å². The molecule has 3 aromatic carbocycles. The third kappa shape index (κ3) is 7.40. The molecule has 1 aliphatic rings. The number of amides is 2. The van der Waals surface area contributed by atoms with Crippen molar-refractivity contribution in [3.8, 4) is 0 Å². The SMILES string of the molecule is CC[C@@H](C(=O)NC1CCCC1)N(Cc1c(Cl)cccc1Cl)C(=O)CN(c1ccccc1Cl)S(=O)(=O)c1ccc(C)cc1. The summed E-state index contributed by atoms with van der Waals surface area (Å²) < 4.78 is 29.0. The van der Waals surface area contributed by atoms with Crippen LogP contribution < -0.4 is 9.62 Å². The van der Waals surface area contributed by atoms with Crippen molar-refractivity contribution in [2.75, 3.05) is 10.8 Å². The van der Waals surface area contributed by atoms with Crippen molar-refractivity contribution in [1.82, 2.24) is 10.2 Å². The van der Waals surface area contributed by atoms with Gasteiger partial charge < -0.3 is 10.2 Å². The van der Waals surface area contributed by atoms with Gasteiger partial charge in [0.2, 0.25) is 11.8 Å². The molecule has 3 aromatic rings. The lowest BCUT2D eigenvalue weighted by molar-refractivity contribution is -0.140. The molecule has 11 heteroatoms. The quantitative estimate of drug-likeness (QED) is 0.242. The Labute approximate surface area is 262 Å². The normalized spacial score (nSPS) is 14.4. The minimum atomic E-state index is -4.23. The lowest BCUT2D eigenvalue weighted by atomic mass is 10.1. The van der Waals surface area contributed by atoms with Crippen molar-refractivity contribution in [3.63, 3.8) is 0 Å². The van der Waals surface area contributed by atoms with E-state index in [0.29, 0.717) is 22.0 Å². The van der Waals surface area contributed by atoms with Crippen molar-refractivity contribution in [1.29, 1.82) is 0 Å². The molecule has 224 valence electrons. The molecule has 0 unspecified atom stereocenters. The number of benzene rings is 3. The first-order valence-electron chi connectivity index (χ1n) is 13.9. The molecular formula is C31H34Cl3N3O4S. The summed E-state index contributed by atoms with van der Waals surface area (Å²) in [6.07, 6.45) is 4.11. The first kappa shape index (κ1) is 32.1. The molecule has 2 amide bonds. The summed E-state index contributed by atoms with van der Waals surface area (Å²) in [5.41, 5.74) is 1.50. The third-order valence-corrected chi connectivity index (χ3v) is 10.3. The molecule has 0 aliphatic heterocycles. The van der Waals surface area contributed by atoms with Gasteiger partial charge in [-0.3, -0.25) is 13.9 Å². The number of nitrogens with zero attached hydrogens (tertiary/aromatic N) is 2. The van der Waals surface area contributed by atoms with E-state index in [1.165, 1.54) is 17.0 Å². The van der Waals surface area contributed by atoms with Gasteiger partial charge >= 0.3 is 0 Å². The van der Waals surface area contributed by atoms with Crippen molar-refractivity contribution < 1.29 is 18.0 Å². The Morgan fingerprint density at radius 1 is 0.905 bits per heavy atom. The monoisotopic (exact) mass is 649 g/mol. The van der Waals surface area contributed by atoms with Gasteiger partial charge in [-0.25, -0.2) is 8.42 Å². The molecule has 1 saturated carbocycles. The summed E-state index contributed by atoms with van der Waals surface area (Å²) in [7, 11) is -4.23. The van der Waals surface area contributed by atoms with E-state index in [0.717, 1.165) is 35.6 Å². The van der Waals surface area contributed by atoms with Crippen LogP contribution in [0.3, 0.4) is 0 Å². The molecule has 4 rings (SSSR count). The van der Waals surface area contributed by atoms with E-state index in [-0.39, 0.29) is 34.1 Å². The topological polar surface area (TPSA) is 86.8 Å². The Balaban J connectivity index is 1.75. The van der Waals surface area contributed by atoms with Crippen LogP contribution in [0.2, 0.25) is 15.1 Å². The standard InChI is InChI=1S/C31H34Cl3N3O4S/c1-3-28(31(39)35-22-9-4-5-10-22)36(19-24-25(32)12-8-13-26(24)33)30(38)20-37(29-14-7-6-11-27(29)34)42(40,41)23-17-15-21(2)16-18-23/h6-8,11-18,22,28H,3-5,9-10,19-20H2,1-2H3,(H,35,39)/t28-/m0/s1. The summed E-state index contributed by atoms with van der Waals surface area (Å²) in [4.78, 5) is 29.2. The zero-order valence-corrected chi connectivity index (χ0v) is 26.6. The van der Waals surface area contributed by atoms with Crippen molar-refractivity contribution in [3.05, 3.63) is 92.9 Å². The Morgan fingerprint density at radius 2 is 1.50 bits per heavy atom. The second-order valence-corrected chi connectivity index (χ2v) is 13.5. The van der Waals surface area contributed by atoms with Crippen LogP contribution in [0.5, 0.6) is 0 Å². The van der Waals surface area contributed by atoms with E-state index < -0.39 is 28.5 Å². The molecule has 0 bridgehead atoms. The van der Waals surface area contributed by atoms with Gasteiger partial charge in [0.1, 0.15) is 12.6 Å². The highest BCUT2D eigenvalue weighted by molar-refractivity contribution is 7.92. The molecule has 0 saturated heterocycles. The zero-order valence-electron chi connectivity index (χ0n) is 23.5. The Bertz CT molecular complexity index is 1510. The third-order valence-electron chi connectivity index (χ3n) is 7.49. The Morgan fingerprint density at radius 3 is 2.10 bits per heavy atom. The summed E-state index contributed by atoms with van der Waals surface area (Å²) in [5.74, 6) is -0.901. The predicted octanol–water partition coefficient (Wildman–Crippen LogP) is 7.02.